The van der Waals surface area contributed by atoms with E-state index in [1.165, 1.54) is 17.2 Å². The number of carbonyl (C=O) groups is 2. The van der Waals surface area contributed by atoms with Crippen molar-refractivity contribution in [2.45, 2.75) is 31.3 Å². The van der Waals surface area contributed by atoms with Crippen LogP contribution >= 0.6 is 0 Å². The van der Waals surface area contributed by atoms with E-state index in [0.717, 1.165) is 34.9 Å². The highest BCUT2D eigenvalue weighted by Crippen LogP contribution is 2.33. The number of amides is 2. The van der Waals surface area contributed by atoms with E-state index in [1.54, 1.807) is 30.6 Å². The number of aromatic amines is 1. The lowest BCUT2D eigenvalue weighted by atomic mass is 10.0. The van der Waals surface area contributed by atoms with Crippen LogP contribution in [-0.4, -0.2) is 47.0 Å². The average Bonchev–Trinajstić information content (AvgIpc) is 3.40. The van der Waals surface area contributed by atoms with Gasteiger partial charge in [-0.15, -0.1) is 0 Å². The van der Waals surface area contributed by atoms with Gasteiger partial charge < -0.3 is 9.88 Å². The van der Waals surface area contributed by atoms with E-state index >= 15 is 0 Å². The molecule has 7 nitrogen and oxygen atoms in total. The second-order valence-corrected chi connectivity index (χ2v) is 8.37. The standard InChI is InChI=1S/C25H28N4O3/c1-29(2)25(31)23(14-18-15-26-21-6-4-3-5-19(18)21)27-22-11-9-17-13-16(7-10-20(17)22)8-12-24(30)28-32/h3-8,10,12-13,15,22-23,26-27,32H,9,11,14H2,1-2H3,(H,28,30). The van der Waals surface area contributed by atoms with Gasteiger partial charge in [-0.05, 0) is 53.7 Å². The largest absolute Gasteiger partial charge is 0.361 e. The molecule has 2 aromatic carbocycles. The van der Waals surface area contributed by atoms with Gasteiger partial charge in [-0.3, -0.25) is 20.1 Å². The number of aromatic nitrogens is 1. The molecular weight excluding hydrogens is 404 g/mol. The maximum Gasteiger partial charge on any atom is 0.267 e. The van der Waals surface area contributed by atoms with Gasteiger partial charge in [0, 0.05) is 43.3 Å². The Morgan fingerprint density at radius 2 is 2.06 bits per heavy atom. The summed E-state index contributed by atoms with van der Waals surface area (Å²) in [6.45, 7) is 0. The van der Waals surface area contributed by atoms with Crippen LogP contribution in [0.5, 0.6) is 0 Å². The van der Waals surface area contributed by atoms with E-state index in [-0.39, 0.29) is 18.0 Å². The van der Waals surface area contributed by atoms with Gasteiger partial charge in [-0.2, -0.15) is 0 Å². The summed E-state index contributed by atoms with van der Waals surface area (Å²) in [4.78, 5) is 29.2. The molecule has 0 saturated carbocycles. The first-order valence-corrected chi connectivity index (χ1v) is 10.7. The van der Waals surface area contributed by atoms with Crippen LogP contribution in [0.4, 0.5) is 0 Å². The maximum atomic E-state index is 13.0. The van der Waals surface area contributed by atoms with Crippen LogP contribution < -0.4 is 10.8 Å². The monoisotopic (exact) mass is 432 g/mol. The van der Waals surface area contributed by atoms with Crippen molar-refractivity contribution >= 4 is 28.8 Å². The number of benzene rings is 2. The molecule has 32 heavy (non-hydrogen) atoms. The van der Waals surface area contributed by atoms with Crippen molar-refractivity contribution in [1.82, 2.24) is 20.7 Å². The molecule has 7 heteroatoms. The highest BCUT2D eigenvalue weighted by atomic mass is 16.5. The lowest BCUT2D eigenvalue weighted by Gasteiger charge is -2.25. The Morgan fingerprint density at radius 1 is 1.25 bits per heavy atom. The van der Waals surface area contributed by atoms with E-state index in [1.807, 2.05) is 30.5 Å². The van der Waals surface area contributed by atoms with Crippen LogP contribution in [0.15, 0.2) is 54.7 Å². The fourth-order valence-electron chi connectivity index (χ4n) is 4.42. The minimum Gasteiger partial charge on any atom is -0.361 e. The van der Waals surface area contributed by atoms with E-state index < -0.39 is 5.91 Å². The number of nitrogens with zero attached hydrogens (tertiary/aromatic N) is 1. The quantitative estimate of drug-likeness (QED) is 0.262. The predicted molar refractivity (Wildman–Crippen MR) is 124 cm³/mol. The van der Waals surface area contributed by atoms with Gasteiger partial charge in [0.1, 0.15) is 0 Å². The Hall–Kier alpha value is -3.42. The van der Waals surface area contributed by atoms with Crippen LogP contribution in [0, 0.1) is 0 Å². The third kappa shape index (κ3) is 4.59. The fraction of sp³-hybridized carbons (Fsp3) is 0.280. The molecule has 0 aliphatic heterocycles. The third-order valence-corrected chi connectivity index (χ3v) is 6.02. The average molecular weight is 433 g/mol. The van der Waals surface area contributed by atoms with Crippen LogP contribution in [0.1, 0.15) is 34.7 Å². The molecule has 1 aliphatic carbocycles. The number of hydrogen-bond donors (Lipinski definition) is 4. The number of aryl methyl sites for hydroxylation is 1. The molecule has 2 unspecified atom stereocenters. The number of hydroxylamine groups is 1. The Bertz CT molecular complexity index is 1160. The van der Waals surface area contributed by atoms with Crippen molar-refractivity contribution < 1.29 is 14.8 Å². The molecule has 0 fully saturated rings. The molecule has 4 rings (SSSR count). The molecule has 2 amide bonds. The predicted octanol–water partition coefficient (Wildman–Crippen LogP) is 2.96. The van der Waals surface area contributed by atoms with Gasteiger partial charge >= 0.3 is 0 Å². The summed E-state index contributed by atoms with van der Waals surface area (Å²) in [7, 11) is 3.58. The summed E-state index contributed by atoms with van der Waals surface area (Å²) < 4.78 is 0. The van der Waals surface area contributed by atoms with E-state index in [4.69, 9.17) is 5.21 Å². The lowest BCUT2D eigenvalue weighted by molar-refractivity contribution is -0.131. The second kappa shape index (κ2) is 9.38. The molecule has 1 aliphatic rings. The first-order valence-electron chi connectivity index (χ1n) is 10.7. The number of hydrogen-bond acceptors (Lipinski definition) is 4. The van der Waals surface area contributed by atoms with Crippen LogP contribution in [0.2, 0.25) is 0 Å². The first-order chi connectivity index (χ1) is 15.5. The van der Waals surface area contributed by atoms with Gasteiger partial charge in [-0.1, -0.05) is 36.4 Å². The highest BCUT2D eigenvalue weighted by molar-refractivity contribution is 5.90. The summed E-state index contributed by atoms with van der Waals surface area (Å²) in [5, 5.41) is 13.4. The van der Waals surface area contributed by atoms with E-state index in [0.29, 0.717) is 6.42 Å². The van der Waals surface area contributed by atoms with E-state index in [2.05, 4.69) is 28.5 Å². The molecule has 166 valence electrons. The molecule has 2 atom stereocenters. The van der Waals surface area contributed by atoms with Crippen LogP contribution in [-0.2, 0) is 22.4 Å². The van der Waals surface area contributed by atoms with Gasteiger partial charge in [0.2, 0.25) is 5.91 Å². The molecule has 0 bridgehead atoms. The first kappa shape index (κ1) is 21.8. The number of rotatable bonds is 7. The molecule has 0 spiro atoms. The molecular formula is C25H28N4O3. The van der Waals surface area contributed by atoms with Crippen molar-refractivity contribution in [3.63, 3.8) is 0 Å². The van der Waals surface area contributed by atoms with Crippen LogP contribution in [0.25, 0.3) is 17.0 Å². The SMILES string of the molecule is CN(C)C(=O)C(Cc1c[nH]c2ccccc12)NC1CCc2cc(C=CC(=O)NO)ccc21. The number of likely N-dealkylation sites (N-methyl/N-ethyl adjacent to an activating group) is 1. The number of nitrogens with one attached hydrogen (secondary N) is 3. The van der Waals surface area contributed by atoms with Crippen LogP contribution in [0.3, 0.4) is 0 Å². The zero-order chi connectivity index (χ0) is 22.7. The number of carbonyl (C=O) groups excluding carboxylic acids is 2. The Labute approximate surface area is 187 Å². The van der Waals surface area contributed by atoms with Crippen molar-refractivity contribution in [3.8, 4) is 0 Å². The second-order valence-electron chi connectivity index (χ2n) is 8.37. The summed E-state index contributed by atoms with van der Waals surface area (Å²) in [5.41, 5.74) is 7.07. The molecule has 0 saturated heterocycles. The minimum absolute atomic E-state index is 0.0540. The van der Waals surface area contributed by atoms with Gasteiger partial charge in [0.25, 0.3) is 5.91 Å². The third-order valence-electron chi connectivity index (χ3n) is 6.02. The molecule has 4 N–H and O–H groups in total. The van der Waals surface area contributed by atoms with Crippen molar-refractivity contribution in [2.24, 2.45) is 0 Å². The maximum absolute atomic E-state index is 13.0. The minimum atomic E-state index is -0.563. The molecule has 1 aromatic heterocycles. The fourth-order valence-corrected chi connectivity index (χ4v) is 4.42. The number of fused-ring (bicyclic) bond motifs is 2. The summed E-state index contributed by atoms with van der Waals surface area (Å²) in [6, 6.07) is 13.9. The zero-order valence-electron chi connectivity index (χ0n) is 18.3. The normalized spacial score (nSPS) is 16.3. The summed E-state index contributed by atoms with van der Waals surface area (Å²) in [6.07, 6.45) is 7.36. The molecule has 0 radical (unpaired) electrons. The molecule has 1 heterocycles. The summed E-state index contributed by atoms with van der Waals surface area (Å²) in [5.74, 6) is -0.509. The number of H-pyrrole nitrogens is 1. The Morgan fingerprint density at radius 3 is 2.84 bits per heavy atom. The Kier molecular flexibility index (Phi) is 6.39. The van der Waals surface area contributed by atoms with Gasteiger partial charge in [-0.25, -0.2) is 5.48 Å². The van der Waals surface area contributed by atoms with E-state index in [9.17, 15) is 9.59 Å². The van der Waals surface area contributed by atoms with Gasteiger partial charge in [0.15, 0.2) is 0 Å². The smallest absolute Gasteiger partial charge is 0.267 e. The van der Waals surface area contributed by atoms with Crippen molar-refractivity contribution in [3.05, 3.63) is 77.0 Å². The van der Waals surface area contributed by atoms with Gasteiger partial charge in [0.05, 0.1) is 6.04 Å². The Balaban J connectivity index is 1.54. The highest BCUT2D eigenvalue weighted by Gasteiger charge is 2.29. The molecule has 3 aromatic rings. The topological polar surface area (TPSA) is 97.5 Å². The van der Waals surface area contributed by atoms with Crippen molar-refractivity contribution in [2.75, 3.05) is 14.1 Å². The summed E-state index contributed by atoms with van der Waals surface area (Å²) >= 11 is 0. The zero-order valence-corrected chi connectivity index (χ0v) is 18.3. The van der Waals surface area contributed by atoms with Crippen molar-refractivity contribution in [1.29, 1.82) is 0 Å². The lowest BCUT2D eigenvalue weighted by Crippen LogP contribution is -2.46. The number of para-hydroxylation sites is 1.